The van der Waals surface area contributed by atoms with E-state index in [1.165, 1.54) is 6.08 Å². The fourth-order valence-electron chi connectivity index (χ4n) is 1.67. The summed E-state index contributed by atoms with van der Waals surface area (Å²) in [6.07, 6.45) is 3.99. The van der Waals surface area contributed by atoms with E-state index < -0.39 is 11.7 Å². The van der Waals surface area contributed by atoms with Crippen LogP contribution in [0.1, 0.15) is 40.0 Å². The zero-order valence-electron chi connectivity index (χ0n) is 9.11. The Bertz CT molecular complexity index is 261. The third-order valence-corrected chi connectivity index (χ3v) is 2.60. The summed E-state index contributed by atoms with van der Waals surface area (Å²) in [5.74, 6) is -0.909. The fraction of sp³-hybridized carbons (Fsp3) is 0.667. The smallest absolute Gasteiger partial charge is 0.154 e. The first-order valence-electron chi connectivity index (χ1n) is 5.25. The Kier molecular flexibility index (Phi) is 3.85. The second-order valence-corrected chi connectivity index (χ2v) is 4.54. The standard InChI is InChI=1S/C12H18F2/c1-8(2)4-5-10-6-9(3)12(14)11(13)7-10/h7-9H,4-6H2,1-3H3. The highest BCUT2D eigenvalue weighted by Crippen LogP contribution is 2.33. The summed E-state index contributed by atoms with van der Waals surface area (Å²) in [6, 6.07) is 0. The third-order valence-electron chi connectivity index (χ3n) is 2.60. The Hall–Kier alpha value is -0.660. The van der Waals surface area contributed by atoms with Gasteiger partial charge >= 0.3 is 0 Å². The van der Waals surface area contributed by atoms with Crippen molar-refractivity contribution in [3.05, 3.63) is 23.3 Å². The minimum atomic E-state index is -0.664. The van der Waals surface area contributed by atoms with Gasteiger partial charge in [-0.1, -0.05) is 26.3 Å². The van der Waals surface area contributed by atoms with Crippen molar-refractivity contribution >= 4 is 0 Å². The summed E-state index contributed by atoms with van der Waals surface area (Å²) in [6.45, 7) is 6.01. The third kappa shape index (κ3) is 2.93. The highest BCUT2D eigenvalue weighted by atomic mass is 19.2. The molecule has 0 aliphatic heterocycles. The maximum atomic E-state index is 13.0. The first-order valence-corrected chi connectivity index (χ1v) is 5.25. The van der Waals surface area contributed by atoms with Crippen molar-refractivity contribution in [2.45, 2.75) is 40.0 Å². The van der Waals surface area contributed by atoms with Crippen LogP contribution < -0.4 is 0 Å². The summed E-state index contributed by atoms with van der Waals surface area (Å²) >= 11 is 0. The lowest BCUT2D eigenvalue weighted by Gasteiger charge is -2.18. The molecule has 1 aliphatic carbocycles. The molecule has 1 unspecified atom stereocenters. The molecule has 0 aromatic heterocycles. The zero-order chi connectivity index (χ0) is 10.7. The molecule has 14 heavy (non-hydrogen) atoms. The molecule has 1 rings (SSSR count). The highest BCUT2D eigenvalue weighted by molar-refractivity contribution is 5.27. The van der Waals surface area contributed by atoms with Crippen LogP contribution >= 0.6 is 0 Å². The molecule has 0 N–H and O–H groups in total. The quantitative estimate of drug-likeness (QED) is 0.627. The molecule has 0 bridgehead atoms. The molecule has 0 spiro atoms. The lowest BCUT2D eigenvalue weighted by Crippen LogP contribution is -2.05. The molecule has 0 heterocycles. The zero-order valence-corrected chi connectivity index (χ0v) is 9.11. The van der Waals surface area contributed by atoms with Crippen molar-refractivity contribution in [3.8, 4) is 0 Å². The van der Waals surface area contributed by atoms with Gasteiger partial charge in [0.05, 0.1) is 0 Å². The van der Waals surface area contributed by atoms with Crippen LogP contribution in [-0.2, 0) is 0 Å². The summed E-state index contributed by atoms with van der Waals surface area (Å²) in [4.78, 5) is 0. The monoisotopic (exact) mass is 200 g/mol. The van der Waals surface area contributed by atoms with Gasteiger partial charge in [-0.05, 0) is 31.3 Å². The van der Waals surface area contributed by atoms with Crippen LogP contribution in [0, 0.1) is 11.8 Å². The van der Waals surface area contributed by atoms with Crippen LogP contribution in [0.3, 0.4) is 0 Å². The normalized spacial score (nSPS) is 23.0. The Morgan fingerprint density at radius 2 is 2.07 bits per heavy atom. The molecule has 0 aromatic rings. The molecule has 0 aromatic carbocycles. The molecule has 1 atom stereocenters. The second-order valence-electron chi connectivity index (χ2n) is 4.54. The predicted molar refractivity (Wildman–Crippen MR) is 55.2 cm³/mol. The van der Waals surface area contributed by atoms with Crippen LogP contribution in [0.2, 0.25) is 0 Å². The number of halogens is 2. The van der Waals surface area contributed by atoms with Crippen molar-refractivity contribution in [3.63, 3.8) is 0 Å². The van der Waals surface area contributed by atoms with Crippen LogP contribution in [0.4, 0.5) is 8.78 Å². The van der Waals surface area contributed by atoms with Crippen LogP contribution in [0.5, 0.6) is 0 Å². The largest absolute Gasteiger partial charge is 0.208 e. The molecular weight excluding hydrogens is 182 g/mol. The van der Waals surface area contributed by atoms with Crippen LogP contribution in [0.25, 0.3) is 0 Å². The van der Waals surface area contributed by atoms with Crippen LogP contribution in [-0.4, -0.2) is 0 Å². The first kappa shape index (κ1) is 11.4. The Balaban J connectivity index is 2.60. The van der Waals surface area contributed by atoms with Crippen molar-refractivity contribution in [1.82, 2.24) is 0 Å². The van der Waals surface area contributed by atoms with E-state index in [0.717, 1.165) is 18.4 Å². The molecule has 1 aliphatic rings. The lowest BCUT2D eigenvalue weighted by atomic mass is 9.90. The van der Waals surface area contributed by atoms with Gasteiger partial charge in [-0.2, -0.15) is 0 Å². The van der Waals surface area contributed by atoms with E-state index in [1.54, 1.807) is 6.92 Å². The van der Waals surface area contributed by atoms with Crippen molar-refractivity contribution < 1.29 is 8.78 Å². The average molecular weight is 200 g/mol. The molecular formula is C12H18F2. The van der Waals surface area contributed by atoms with Gasteiger partial charge in [0.2, 0.25) is 0 Å². The average Bonchev–Trinajstić information content (AvgIpc) is 2.10. The molecule has 0 fully saturated rings. The van der Waals surface area contributed by atoms with E-state index in [4.69, 9.17) is 0 Å². The van der Waals surface area contributed by atoms with Crippen molar-refractivity contribution in [2.24, 2.45) is 11.8 Å². The SMILES string of the molecule is CC(C)CCC1=CC(F)=C(F)C(C)C1. The van der Waals surface area contributed by atoms with Gasteiger partial charge in [-0.15, -0.1) is 0 Å². The fourth-order valence-corrected chi connectivity index (χ4v) is 1.67. The van der Waals surface area contributed by atoms with Gasteiger partial charge in [0.25, 0.3) is 0 Å². The van der Waals surface area contributed by atoms with E-state index >= 15 is 0 Å². The van der Waals surface area contributed by atoms with Crippen molar-refractivity contribution in [2.75, 3.05) is 0 Å². The lowest BCUT2D eigenvalue weighted by molar-refractivity contribution is 0.430. The molecule has 0 amide bonds. The molecule has 2 heteroatoms. The van der Waals surface area contributed by atoms with Crippen molar-refractivity contribution in [1.29, 1.82) is 0 Å². The molecule has 80 valence electrons. The van der Waals surface area contributed by atoms with E-state index in [2.05, 4.69) is 13.8 Å². The molecule has 0 nitrogen and oxygen atoms in total. The number of hydrogen-bond acceptors (Lipinski definition) is 0. The highest BCUT2D eigenvalue weighted by Gasteiger charge is 2.20. The summed E-state index contributed by atoms with van der Waals surface area (Å²) < 4.78 is 26.0. The van der Waals surface area contributed by atoms with E-state index in [1.807, 2.05) is 0 Å². The maximum absolute atomic E-state index is 13.0. The minimum absolute atomic E-state index is 0.276. The number of hydrogen-bond donors (Lipinski definition) is 0. The summed E-state index contributed by atoms with van der Waals surface area (Å²) in [7, 11) is 0. The maximum Gasteiger partial charge on any atom is 0.154 e. The van der Waals surface area contributed by atoms with Gasteiger partial charge in [-0.25, -0.2) is 8.78 Å². The minimum Gasteiger partial charge on any atom is -0.208 e. The number of rotatable bonds is 3. The Morgan fingerprint density at radius 3 is 2.57 bits per heavy atom. The van der Waals surface area contributed by atoms with Gasteiger partial charge in [0.1, 0.15) is 5.83 Å². The Morgan fingerprint density at radius 1 is 1.43 bits per heavy atom. The Labute approximate surface area is 84.7 Å². The summed E-state index contributed by atoms with van der Waals surface area (Å²) in [5.41, 5.74) is 1.05. The molecule has 0 radical (unpaired) electrons. The molecule has 0 saturated heterocycles. The predicted octanol–water partition coefficient (Wildman–Crippen LogP) is 4.54. The van der Waals surface area contributed by atoms with Gasteiger partial charge in [-0.3, -0.25) is 0 Å². The van der Waals surface area contributed by atoms with Crippen LogP contribution in [0.15, 0.2) is 23.3 Å². The van der Waals surface area contributed by atoms with Gasteiger partial charge in [0.15, 0.2) is 5.83 Å². The molecule has 0 saturated carbocycles. The van der Waals surface area contributed by atoms with E-state index in [-0.39, 0.29) is 5.92 Å². The summed E-state index contributed by atoms with van der Waals surface area (Å²) in [5, 5.41) is 0. The number of allylic oxidation sites excluding steroid dienone is 4. The van der Waals surface area contributed by atoms with E-state index in [0.29, 0.717) is 12.3 Å². The van der Waals surface area contributed by atoms with E-state index in [9.17, 15) is 8.78 Å². The first-order chi connectivity index (χ1) is 6.50. The van der Waals surface area contributed by atoms with Gasteiger partial charge in [0, 0.05) is 5.92 Å². The van der Waals surface area contributed by atoms with Gasteiger partial charge < -0.3 is 0 Å². The topological polar surface area (TPSA) is 0 Å². The second kappa shape index (κ2) is 4.72.